The Balaban J connectivity index is 1.41. The second-order valence-electron chi connectivity index (χ2n) is 9.57. The van der Waals surface area contributed by atoms with Crippen molar-refractivity contribution in [1.29, 1.82) is 0 Å². The van der Waals surface area contributed by atoms with Crippen LogP contribution in [0.2, 0.25) is 0 Å². The third-order valence-corrected chi connectivity index (χ3v) is 8.06. The van der Waals surface area contributed by atoms with Crippen molar-refractivity contribution >= 4 is 11.9 Å². The minimum Gasteiger partial charge on any atom is -0.508 e. The zero-order valence-electron chi connectivity index (χ0n) is 18.0. The van der Waals surface area contributed by atoms with Crippen molar-refractivity contribution in [3.8, 4) is 5.75 Å². The standard InChI is InChI=1S/C25H23F5N2O/c1-25-9-8-15-14-5-3-13(33)10-12(14)2-4-16(15)18(25)6-7-19(25)32-31-11-17-20(26)22(28)24(30)23(29)21(17)27/h3,5,10-11,15-16,18,33H,2,4,6-9H2,1H3/b31-11-,32-19-/t15-,16-,18+,25+/m1/s1. The van der Waals surface area contributed by atoms with Gasteiger partial charge < -0.3 is 5.11 Å². The van der Waals surface area contributed by atoms with Crippen molar-refractivity contribution in [3.05, 3.63) is 64.0 Å². The largest absolute Gasteiger partial charge is 0.508 e. The molecule has 0 bridgehead atoms. The molecule has 0 heterocycles. The molecule has 0 unspecified atom stereocenters. The molecular weight excluding hydrogens is 439 g/mol. The lowest BCUT2D eigenvalue weighted by Crippen LogP contribution is -2.42. The third-order valence-electron chi connectivity index (χ3n) is 8.06. The van der Waals surface area contributed by atoms with Crippen LogP contribution in [0.25, 0.3) is 0 Å². The van der Waals surface area contributed by atoms with Crippen LogP contribution in [0.1, 0.15) is 61.6 Å². The van der Waals surface area contributed by atoms with Crippen molar-refractivity contribution in [1.82, 2.24) is 0 Å². The molecule has 3 aliphatic rings. The van der Waals surface area contributed by atoms with Gasteiger partial charge >= 0.3 is 0 Å². The molecule has 2 saturated carbocycles. The van der Waals surface area contributed by atoms with Gasteiger partial charge in [-0.15, -0.1) is 0 Å². The first-order valence-electron chi connectivity index (χ1n) is 11.2. The summed E-state index contributed by atoms with van der Waals surface area (Å²) in [5.74, 6) is -8.48. The van der Waals surface area contributed by atoms with Crippen molar-refractivity contribution in [3.63, 3.8) is 0 Å². The lowest BCUT2D eigenvalue weighted by molar-refractivity contribution is 0.0955. The molecule has 174 valence electrons. The number of halogens is 5. The molecule has 5 rings (SSSR count). The molecule has 0 spiro atoms. The first kappa shape index (κ1) is 22.0. The van der Waals surface area contributed by atoms with Crippen LogP contribution in [0.5, 0.6) is 5.75 Å². The van der Waals surface area contributed by atoms with Gasteiger partial charge in [0.2, 0.25) is 5.82 Å². The molecule has 1 N–H and O–H groups in total. The van der Waals surface area contributed by atoms with Gasteiger partial charge in [-0.3, -0.25) is 0 Å². The van der Waals surface area contributed by atoms with E-state index in [4.69, 9.17) is 0 Å². The SMILES string of the molecule is C[C@]12CC[C@@H]3c4ccc(O)cc4CC[C@H]3[C@@H]1CC/C2=N/N=C\c1c(F)c(F)c(F)c(F)c1F. The number of benzene rings is 2. The maximum absolute atomic E-state index is 13.9. The Bertz CT molecular complexity index is 1160. The van der Waals surface area contributed by atoms with Gasteiger partial charge in [0.1, 0.15) is 5.75 Å². The van der Waals surface area contributed by atoms with Crippen LogP contribution in [-0.4, -0.2) is 17.0 Å². The number of fused-ring (bicyclic) bond motifs is 5. The number of aromatic hydroxyl groups is 1. The van der Waals surface area contributed by atoms with Crippen molar-refractivity contribution < 1.29 is 27.1 Å². The summed E-state index contributed by atoms with van der Waals surface area (Å²) in [4.78, 5) is 0. The Morgan fingerprint density at radius 2 is 1.64 bits per heavy atom. The highest BCUT2D eigenvalue weighted by molar-refractivity contribution is 5.93. The van der Waals surface area contributed by atoms with Gasteiger partial charge in [-0.05, 0) is 79.5 Å². The van der Waals surface area contributed by atoms with E-state index in [2.05, 4.69) is 17.1 Å². The monoisotopic (exact) mass is 462 g/mol. The van der Waals surface area contributed by atoms with E-state index in [1.54, 1.807) is 6.07 Å². The van der Waals surface area contributed by atoms with Crippen LogP contribution in [0.15, 0.2) is 28.4 Å². The zero-order chi connectivity index (χ0) is 23.5. The van der Waals surface area contributed by atoms with Crippen LogP contribution in [0.3, 0.4) is 0 Å². The molecular formula is C25H23F5N2O. The molecule has 33 heavy (non-hydrogen) atoms. The lowest BCUT2D eigenvalue weighted by atomic mass is 9.55. The van der Waals surface area contributed by atoms with Gasteiger partial charge in [0.05, 0.1) is 11.8 Å². The highest BCUT2D eigenvalue weighted by Crippen LogP contribution is 2.60. The summed E-state index contributed by atoms with van der Waals surface area (Å²) in [6, 6.07) is 5.63. The molecule has 0 radical (unpaired) electrons. The normalized spacial score (nSPS) is 29.9. The first-order chi connectivity index (χ1) is 15.7. The Morgan fingerprint density at radius 3 is 2.36 bits per heavy atom. The minimum absolute atomic E-state index is 0.219. The van der Waals surface area contributed by atoms with E-state index in [0.717, 1.165) is 37.8 Å². The Kier molecular flexibility index (Phi) is 5.29. The van der Waals surface area contributed by atoms with E-state index in [-0.39, 0.29) is 11.2 Å². The second kappa shape index (κ2) is 7.92. The summed E-state index contributed by atoms with van der Waals surface area (Å²) >= 11 is 0. The molecule has 2 fully saturated rings. The maximum Gasteiger partial charge on any atom is 0.200 e. The highest BCUT2D eigenvalue weighted by Gasteiger charge is 2.53. The summed E-state index contributed by atoms with van der Waals surface area (Å²) in [7, 11) is 0. The van der Waals surface area contributed by atoms with Gasteiger partial charge in [0.25, 0.3) is 0 Å². The van der Waals surface area contributed by atoms with E-state index in [0.29, 0.717) is 30.4 Å². The molecule has 0 amide bonds. The molecule has 2 aromatic rings. The van der Waals surface area contributed by atoms with E-state index in [1.165, 1.54) is 11.1 Å². The average Bonchev–Trinajstić information content (AvgIpc) is 3.14. The number of hydrogen-bond donors (Lipinski definition) is 1. The topological polar surface area (TPSA) is 45.0 Å². The Morgan fingerprint density at radius 1 is 0.939 bits per heavy atom. The number of phenolic OH excluding ortho intramolecular Hbond substituents is 1. The summed E-state index contributed by atoms with van der Waals surface area (Å²) < 4.78 is 67.9. The molecule has 4 atom stereocenters. The van der Waals surface area contributed by atoms with Crippen LogP contribution in [0, 0.1) is 46.3 Å². The smallest absolute Gasteiger partial charge is 0.200 e. The Labute approximate surface area is 188 Å². The molecule has 0 aliphatic heterocycles. The summed E-state index contributed by atoms with van der Waals surface area (Å²) in [5.41, 5.74) is 2.01. The third kappa shape index (κ3) is 3.37. The minimum atomic E-state index is -2.19. The number of phenols is 1. The lowest BCUT2D eigenvalue weighted by Gasteiger charge is -2.49. The number of nitrogens with zero attached hydrogens (tertiary/aromatic N) is 2. The van der Waals surface area contributed by atoms with Crippen LogP contribution in [0.4, 0.5) is 22.0 Å². The molecule has 8 heteroatoms. The van der Waals surface area contributed by atoms with Gasteiger partial charge in [0.15, 0.2) is 23.3 Å². The predicted molar refractivity (Wildman–Crippen MR) is 114 cm³/mol. The highest BCUT2D eigenvalue weighted by atomic mass is 19.2. The van der Waals surface area contributed by atoms with Crippen molar-refractivity contribution in [2.45, 2.75) is 51.4 Å². The first-order valence-corrected chi connectivity index (χ1v) is 11.2. The fourth-order valence-electron chi connectivity index (χ4n) is 6.41. The molecule has 0 aromatic heterocycles. The van der Waals surface area contributed by atoms with E-state index in [1.807, 2.05) is 12.1 Å². The molecule has 0 saturated heterocycles. The summed E-state index contributed by atoms with van der Waals surface area (Å²) in [6.45, 7) is 2.14. The summed E-state index contributed by atoms with van der Waals surface area (Å²) in [5, 5.41) is 17.8. The van der Waals surface area contributed by atoms with E-state index >= 15 is 0 Å². The zero-order valence-corrected chi connectivity index (χ0v) is 18.0. The molecule has 3 aliphatic carbocycles. The maximum atomic E-state index is 13.9. The van der Waals surface area contributed by atoms with Gasteiger partial charge in [0, 0.05) is 11.1 Å². The van der Waals surface area contributed by atoms with Crippen LogP contribution in [-0.2, 0) is 6.42 Å². The van der Waals surface area contributed by atoms with E-state index in [9.17, 15) is 27.1 Å². The quantitative estimate of drug-likeness (QED) is 0.181. The molecule has 2 aromatic carbocycles. The van der Waals surface area contributed by atoms with E-state index < -0.39 is 34.6 Å². The van der Waals surface area contributed by atoms with Gasteiger partial charge in [-0.25, -0.2) is 22.0 Å². The van der Waals surface area contributed by atoms with Crippen LogP contribution >= 0.6 is 0 Å². The number of rotatable bonds is 2. The average molecular weight is 462 g/mol. The fraction of sp³-hybridized carbons (Fsp3) is 0.440. The van der Waals surface area contributed by atoms with Gasteiger partial charge in [-0.1, -0.05) is 13.0 Å². The van der Waals surface area contributed by atoms with Crippen molar-refractivity contribution in [2.75, 3.05) is 0 Å². The second-order valence-corrected chi connectivity index (χ2v) is 9.57. The van der Waals surface area contributed by atoms with Gasteiger partial charge in [-0.2, -0.15) is 10.2 Å². The molecule has 3 nitrogen and oxygen atoms in total. The number of hydrogen-bond acceptors (Lipinski definition) is 3. The van der Waals surface area contributed by atoms with Crippen molar-refractivity contribution in [2.24, 2.45) is 27.5 Å². The number of aryl methyl sites for hydroxylation is 1. The predicted octanol–water partition coefficient (Wildman–Crippen LogP) is 6.42. The fourth-order valence-corrected chi connectivity index (χ4v) is 6.41. The van der Waals surface area contributed by atoms with Crippen LogP contribution < -0.4 is 0 Å². The summed E-state index contributed by atoms with van der Waals surface area (Å²) in [6.07, 6.45) is 5.95. The Hall–Kier alpha value is -2.77.